The van der Waals surface area contributed by atoms with E-state index in [0.717, 1.165) is 11.1 Å². The van der Waals surface area contributed by atoms with Crippen LogP contribution in [0.1, 0.15) is 5.56 Å². The second-order valence-corrected chi connectivity index (χ2v) is 5.23. The molecule has 1 aromatic heterocycles. The van der Waals surface area contributed by atoms with Crippen LogP contribution in [-0.4, -0.2) is 23.0 Å². The Hall–Kier alpha value is -3.47. The fourth-order valence-electron chi connectivity index (χ4n) is 2.28. The van der Waals surface area contributed by atoms with Crippen LogP contribution < -0.4 is 10.1 Å². The number of aromatic nitrogens is 2. The molecule has 5 heteroatoms. The minimum absolute atomic E-state index is 0.262. The first-order chi connectivity index (χ1) is 12.3. The lowest BCUT2D eigenvalue weighted by Gasteiger charge is -2.04. The average Bonchev–Trinajstić information content (AvgIpc) is 2.68. The molecule has 124 valence electrons. The summed E-state index contributed by atoms with van der Waals surface area (Å²) in [5.74, 6) is 1.06. The summed E-state index contributed by atoms with van der Waals surface area (Å²) in [7, 11) is 1.60. The molecule has 0 saturated carbocycles. The number of amides is 1. The molecule has 1 N–H and O–H groups in total. The second-order valence-electron chi connectivity index (χ2n) is 5.23. The number of hydrogen-bond donors (Lipinski definition) is 1. The number of rotatable bonds is 5. The summed E-state index contributed by atoms with van der Waals surface area (Å²) >= 11 is 0. The Morgan fingerprint density at radius 2 is 1.68 bits per heavy atom. The second kappa shape index (κ2) is 7.88. The highest BCUT2D eigenvalue weighted by Gasteiger charge is 2.03. The number of carbonyl (C=O) groups excluding carboxylic acids is 1. The molecule has 0 saturated heterocycles. The molecule has 0 aliphatic rings. The smallest absolute Gasteiger partial charge is 0.248 e. The third-order valence-electron chi connectivity index (χ3n) is 3.50. The number of para-hydroxylation sites is 1. The predicted octanol–water partition coefficient (Wildman–Crippen LogP) is 3.80. The van der Waals surface area contributed by atoms with Crippen LogP contribution in [0.4, 0.5) is 5.69 Å². The zero-order valence-electron chi connectivity index (χ0n) is 13.7. The van der Waals surface area contributed by atoms with Gasteiger partial charge >= 0.3 is 0 Å². The van der Waals surface area contributed by atoms with Gasteiger partial charge in [-0.25, -0.2) is 9.97 Å². The first kappa shape index (κ1) is 16.4. The molecule has 3 aromatic rings. The molecule has 0 bridgehead atoms. The van der Waals surface area contributed by atoms with Gasteiger partial charge in [0, 0.05) is 17.2 Å². The third kappa shape index (κ3) is 4.29. The van der Waals surface area contributed by atoms with Gasteiger partial charge in [-0.3, -0.25) is 4.79 Å². The van der Waals surface area contributed by atoms with Crippen LogP contribution in [0.3, 0.4) is 0 Å². The maximum atomic E-state index is 12.0. The highest BCUT2D eigenvalue weighted by molar-refractivity contribution is 6.01. The Balaban J connectivity index is 1.66. The zero-order chi connectivity index (χ0) is 17.5. The Bertz CT molecular complexity index is 875. The maximum Gasteiger partial charge on any atom is 0.248 e. The standard InChI is InChI=1S/C20H17N3O2/c1-25-18-10-6-5-7-15(18)11-12-19(24)23-17-13-21-20(22-14-17)16-8-3-2-4-9-16/h2-14H,1H3,(H,23,24)/b12-11+. The normalized spacial score (nSPS) is 10.6. The molecule has 25 heavy (non-hydrogen) atoms. The van der Waals surface area contributed by atoms with E-state index in [1.54, 1.807) is 25.6 Å². The van der Waals surface area contributed by atoms with E-state index in [2.05, 4.69) is 15.3 Å². The number of anilines is 1. The van der Waals surface area contributed by atoms with Crippen molar-refractivity contribution < 1.29 is 9.53 Å². The molecule has 1 amide bonds. The number of nitrogens with one attached hydrogen (secondary N) is 1. The van der Waals surface area contributed by atoms with Crippen LogP contribution >= 0.6 is 0 Å². The van der Waals surface area contributed by atoms with Crippen LogP contribution in [0.25, 0.3) is 17.5 Å². The highest BCUT2D eigenvalue weighted by Crippen LogP contribution is 2.19. The molecule has 0 atom stereocenters. The van der Waals surface area contributed by atoms with Gasteiger partial charge in [-0.1, -0.05) is 48.5 Å². The Labute approximate surface area is 146 Å². The van der Waals surface area contributed by atoms with Gasteiger partial charge in [0.25, 0.3) is 0 Å². The van der Waals surface area contributed by atoms with Crippen molar-refractivity contribution >= 4 is 17.7 Å². The van der Waals surface area contributed by atoms with E-state index in [1.807, 2.05) is 54.6 Å². The molecule has 3 rings (SSSR count). The fraction of sp³-hybridized carbons (Fsp3) is 0.0500. The van der Waals surface area contributed by atoms with E-state index in [0.29, 0.717) is 17.3 Å². The molecule has 2 aromatic carbocycles. The number of benzene rings is 2. The number of ether oxygens (including phenoxy) is 1. The Morgan fingerprint density at radius 3 is 2.40 bits per heavy atom. The van der Waals surface area contributed by atoms with Crippen LogP contribution in [0.2, 0.25) is 0 Å². The Kier molecular flexibility index (Phi) is 5.16. The maximum absolute atomic E-state index is 12.0. The quantitative estimate of drug-likeness (QED) is 0.722. The highest BCUT2D eigenvalue weighted by atomic mass is 16.5. The van der Waals surface area contributed by atoms with E-state index < -0.39 is 0 Å². The molecular formula is C20H17N3O2. The molecule has 1 heterocycles. The molecular weight excluding hydrogens is 314 g/mol. The van der Waals surface area contributed by atoms with Crippen molar-refractivity contribution in [3.8, 4) is 17.1 Å². The summed E-state index contributed by atoms with van der Waals surface area (Å²) in [5, 5.41) is 2.74. The summed E-state index contributed by atoms with van der Waals surface area (Å²) in [6, 6.07) is 17.1. The number of nitrogens with zero attached hydrogens (tertiary/aromatic N) is 2. The van der Waals surface area contributed by atoms with Crippen LogP contribution in [0, 0.1) is 0 Å². The van der Waals surface area contributed by atoms with Crippen molar-refractivity contribution in [1.82, 2.24) is 9.97 Å². The summed E-state index contributed by atoms with van der Waals surface area (Å²) in [6.07, 6.45) is 6.32. The molecule has 0 spiro atoms. The monoisotopic (exact) mass is 331 g/mol. The fourth-order valence-corrected chi connectivity index (χ4v) is 2.28. The number of carbonyl (C=O) groups is 1. The van der Waals surface area contributed by atoms with Gasteiger partial charge < -0.3 is 10.1 Å². The molecule has 5 nitrogen and oxygen atoms in total. The van der Waals surface area contributed by atoms with Crippen molar-refractivity contribution in [3.63, 3.8) is 0 Å². The van der Waals surface area contributed by atoms with Crippen molar-refractivity contribution in [2.45, 2.75) is 0 Å². The van der Waals surface area contributed by atoms with E-state index >= 15 is 0 Å². The predicted molar refractivity (Wildman–Crippen MR) is 98.1 cm³/mol. The lowest BCUT2D eigenvalue weighted by Crippen LogP contribution is -2.08. The van der Waals surface area contributed by atoms with Gasteiger partial charge in [0.1, 0.15) is 5.75 Å². The molecule has 0 unspecified atom stereocenters. The van der Waals surface area contributed by atoms with Gasteiger partial charge in [0.05, 0.1) is 25.2 Å². The van der Waals surface area contributed by atoms with E-state index in [-0.39, 0.29) is 5.91 Å². The summed E-state index contributed by atoms with van der Waals surface area (Å²) in [6.45, 7) is 0. The number of hydrogen-bond acceptors (Lipinski definition) is 4. The average molecular weight is 331 g/mol. The summed E-state index contributed by atoms with van der Waals surface area (Å²) in [4.78, 5) is 20.6. The lowest BCUT2D eigenvalue weighted by molar-refractivity contribution is -0.111. The first-order valence-electron chi connectivity index (χ1n) is 7.76. The Morgan fingerprint density at radius 1 is 1.00 bits per heavy atom. The van der Waals surface area contributed by atoms with Gasteiger partial charge in [0.15, 0.2) is 5.82 Å². The largest absolute Gasteiger partial charge is 0.496 e. The van der Waals surface area contributed by atoms with Crippen LogP contribution in [-0.2, 0) is 4.79 Å². The first-order valence-corrected chi connectivity index (χ1v) is 7.76. The topological polar surface area (TPSA) is 64.1 Å². The summed E-state index contributed by atoms with van der Waals surface area (Å²) < 4.78 is 5.25. The molecule has 0 aliphatic carbocycles. The SMILES string of the molecule is COc1ccccc1/C=C/C(=O)Nc1cnc(-c2ccccc2)nc1. The minimum atomic E-state index is -0.262. The van der Waals surface area contributed by atoms with E-state index in [1.165, 1.54) is 6.08 Å². The van der Waals surface area contributed by atoms with Crippen molar-refractivity contribution in [3.05, 3.63) is 78.6 Å². The molecule has 0 radical (unpaired) electrons. The van der Waals surface area contributed by atoms with Gasteiger partial charge in [0.2, 0.25) is 5.91 Å². The van der Waals surface area contributed by atoms with Crippen molar-refractivity contribution in [2.24, 2.45) is 0 Å². The minimum Gasteiger partial charge on any atom is -0.496 e. The third-order valence-corrected chi connectivity index (χ3v) is 3.50. The van der Waals surface area contributed by atoms with Gasteiger partial charge in [-0.05, 0) is 12.1 Å². The number of methoxy groups -OCH3 is 1. The van der Waals surface area contributed by atoms with E-state index in [9.17, 15) is 4.79 Å². The van der Waals surface area contributed by atoms with Crippen molar-refractivity contribution in [2.75, 3.05) is 12.4 Å². The molecule has 0 aliphatic heterocycles. The zero-order valence-corrected chi connectivity index (χ0v) is 13.7. The van der Waals surface area contributed by atoms with E-state index in [4.69, 9.17) is 4.74 Å². The van der Waals surface area contributed by atoms with Gasteiger partial charge in [-0.2, -0.15) is 0 Å². The van der Waals surface area contributed by atoms with Crippen molar-refractivity contribution in [1.29, 1.82) is 0 Å². The lowest BCUT2D eigenvalue weighted by atomic mass is 10.2. The van der Waals surface area contributed by atoms with Crippen LogP contribution in [0.15, 0.2) is 73.1 Å². The van der Waals surface area contributed by atoms with Gasteiger partial charge in [-0.15, -0.1) is 0 Å². The van der Waals surface area contributed by atoms with Crippen LogP contribution in [0.5, 0.6) is 5.75 Å². The summed E-state index contributed by atoms with van der Waals surface area (Å²) in [5.41, 5.74) is 2.29. The molecule has 0 fully saturated rings.